The number of ether oxygens (including phenoxy) is 1. The van der Waals surface area contributed by atoms with Gasteiger partial charge in [0.25, 0.3) is 0 Å². The maximum Gasteiger partial charge on any atom is 0.306 e. The summed E-state index contributed by atoms with van der Waals surface area (Å²) in [6.07, 6.45) is 57.7. The number of rotatable bonds is 48. The van der Waals surface area contributed by atoms with E-state index in [2.05, 4.69) is 62.5 Å². The Hall–Kier alpha value is -1.92. The first kappa shape index (κ1) is 59.1. The van der Waals surface area contributed by atoms with Gasteiger partial charge in [0.2, 0.25) is 5.91 Å². The molecule has 3 N–H and O–H groups in total. The van der Waals surface area contributed by atoms with E-state index in [1.807, 2.05) is 0 Å². The molecule has 6 heteroatoms. The number of aliphatic hydroxyl groups excluding tert-OH is 2. The van der Waals surface area contributed by atoms with Crippen molar-refractivity contribution in [1.29, 1.82) is 0 Å². The highest BCUT2D eigenvalue weighted by Gasteiger charge is 2.24. The van der Waals surface area contributed by atoms with Crippen molar-refractivity contribution in [2.45, 2.75) is 296 Å². The number of carbonyl (C=O) groups excluding carboxylic acids is 2. The zero-order valence-corrected chi connectivity index (χ0v) is 40.8. The summed E-state index contributed by atoms with van der Waals surface area (Å²) in [6, 6.07) is -0.706. The van der Waals surface area contributed by atoms with Gasteiger partial charge in [-0.1, -0.05) is 237 Å². The van der Waals surface area contributed by atoms with Gasteiger partial charge in [-0.15, -0.1) is 0 Å². The molecule has 0 fully saturated rings. The third-order valence-electron chi connectivity index (χ3n) is 12.2. The molecule has 3 atom stereocenters. The van der Waals surface area contributed by atoms with Crippen LogP contribution in [0.3, 0.4) is 0 Å². The monoisotopic (exact) mass is 858 g/mol. The highest BCUT2D eigenvalue weighted by molar-refractivity contribution is 5.77. The van der Waals surface area contributed by atoms with Crippen molar-refractivity contribution < 1.29 is 24.5 Å². The molecule has 1 amide bonds. The summed E-state index contributed by atoms with van der Waals surface area (Å²) in [5.41, 5.74) is 0. The maximum absolute atomic E-state index is 13.2. The lowest BCUT2D eigenvalue weighted by molar-refractivity contribution is -0.151. The first-order valence-electron chi connectivity index (χ1n) is 26.7. The van der Waals surface area contributed by atoms with E-state index in [1.165, 1.54) is 154 Å². The lowest BCUT2D eigenvalue weighted by Gasteiger charge is -2.24. The second kappa shape index (κ2) is 49.1. The van der Waals surface area contributed by atoms with Crippen LogP contribution >= 0.6 is 0 Å². The van der Waals surface area contributed by atoms with E-state index >= 15 is 0 Å². The Balaban J connectivity index is 4.56. The molecule has 61 heavy (non-hydrogen) atoms. The van der Waals surface area contributed by atoms with E-state index in [0.29, 0.717) is 19.3 Å². The highest BCUT2D eigenvalue weighted by Crippen LogP contribution is 2.18. The largest absolute Gasteiger partial charge is 0.462 e. The van der Waals surface area contributed by atoms with Gasteiger partial charge in [0.1, 0.15) is 6.10 Å². The van der Waals surface area contributed by atoms with Crippen LogP contribution in [0.25, 0.3) is 0 Å². The lowest BCUT2D eigenvalue weighted by atomic mass is 10.0. The minimum atomic E-state index is -0.791. The fourth-order valence-electron chi connectivity index (χ4n) is 8.14. The van der Waals surface area contributed by atoms with E-state index in [1.54, 1.807) is 0 Å². The van der Waals surface area contributed by atoms with Gasteiger partial charge in [-0.3, -0.25) is 9.59 Å². The third kappa shape index (κ3) is 44.5. The Bertz CT molecular complexity index is 1010. The van der Waals surface area contributed by atoms with Gasteiger partial charge in [-0.25, -0.2) is 0 Å². The zero-order chi connectivity index (χ0) is 44.5. The van der Waals surface area contributed by atoms with Crippen LogP contribution in [0.5, 0.6) is 0 Å². The number of hydrogen-bond donors (Lipinski definition) is 3. The average molecular weight is 858 g/mol. The fraction of sp³-hybridized carbons (Fsp3) is 0.855. The van der Waals surface area contributed by atoms with Crippen molar-refractivity contribution in [3.05, 3.63) is 36.5 Å². The molecule has 358 valence electrons. The van der Waals surface area contributed by atoms with Gasteiger partial charge in [0, 0.05) is 6.42 Å². The minimum Gasteiger partial charge on any atom is -0.462 e. The number of carbonyl (C=O) groups is 2. The van der Waals surface area contributed by atoms with Crippen molar-refractivity contribution in [2.75, 3.05) is 6.61 Å². The Kier molecular flexibility index (Phi) is 47.6. The predicted molar refractivity (Wildman–Crippen MR) is 264 cm³/mol. The second-order valence-corrected chi connectivity index (χ2v) is 18.3. The van der Waals surface area contributed by atoms with Crippen molar-refractivity contribution in [3.8, 4) is 0 Å². The summed E-state index contributed by atoms with van der Waals surface area (Å²) in [5, 5.41) is 23.8. The fourth-order valence-corrected chi connectivity index (χ4v) is 8.14. The molecule has 0 aromatic rings. The van der Waals surface area contributed by atoms with Gasteiger partial charge in [-0.2, -0.15) is 0 Å². The maximum atomic E-state index is 13.2. The Morgan fingerprint density at radius 1 is 0.475 bits per heavy atom. The molecule has 0 aliphatic heterocycles. The van der Waals surface area contributed by atoms with Gasteiger partial charge in [0.15, 0.2) is 0 Å². The van der Waals surface area contributed by atoms with Crippen molar-refractivity contribution in [3.63, 3.8) is 0 Å². The number of amides is 1. The Morgan fingerprint density at radius 3 is 1.30 bits per heavy atom. The van der Waals surface area contributed by atoms with Crippen LogP contribution < -0.4 is 5.32 Å². The Morgan fingerprint density at radius 2 is 0.836 bits per heavy atom. The van der Waals surface area contributed by atoms with E-state index in [4.69, 9.17) is 4.74 Å². The molecule has 0 aromatic carbocycles. The average Bonchev–Trinajstić information content (AvgIpc) is 3.25. The highest BCUT2D eigenvalue weighted by atomic mass is 16.5. The number of allylic oxidation sites excluding steroid dienone is 6. The van der Waals surface area contributed by atoms with E-state index in [9.17, 15) is 19.8 Å². The first-order chi connectivity index (χ1) is 30.0. The summed E-state index contributed by atoms with van der Waals surface area (Å²) in [4.78, 5) is 26.1. The topological polar surface area (TPSA) is 95.9 Å². The normalized spacial score (nSPS) is 13.5. The molecule has 0 saturated heterocycles. The van der Waals surface area contributed by atoms with Crippen LogP contribution in [-0.2, 0) is 14.3 Å². The van der Waals surface area contributed by atoms with E-state index < -0.39 is 18.2 Å². The molecule has 0 aliphatic rings. The van der Waals surface area contributed by atoms with Crippen molar-refractivity contribution >= 4 is 11.9 Å². The molecule has 0 rings (SSSR count). The quantitative estimate of drug-likeness (QED) is 0.0322. The SMILES string of the molecule is CCCCC/C=C\C/C=C\C/C=C\CCCCCCC(CC(=O)NC(CO)C(O)CCCCCCCCCCCCCCCCC)OC(=O)CCCCCCCCCCCC. The molecule has 0 aliphatic carbocycles. The van der Waals surface area contributed by atoms with Crippen LogP contribution in [0.2, 0.25) is 0 Å². The molecule has 0 saturated carbocycles. The van der Waals surface area contributed by atoms with Crippen molar-refractivity contribution in [2.24, 2.45) is 0 Å². The van der Waals surface area contributed by atoms with Crippen LogP contribution in [0, 0.1) is 0 Å². The minimum absolute atomic E-state index is 0.0663. The summed E-state index contributed by atoms with van der Waals surface area (Å²) in [6.45, 7) is 6.46. The van der Waals surface area contributed by atoms with Crippen LogP contribution in [0.4, 0.5) is 0 Å². The summed E-state index contributed by atoms with van der Waals surface area (Å²) >= 11 is 0. The number of hydrogen-bond acceptors (Lipinski definition) is 5. The number of aliphatic hydroxyl groups is 2. The van der Waals surface area contributed by atoms with Crippen LogP contribution in [0.1, 0.15) is 278 Å². The molecule has 3 unspecified atom stereocenters. The van der Waals surface area contributed by atoms with Gasteiger partial charge in [-0.05, 0) is 64.2 Å². The molecular weight excluding hydrogens is 755 g/mol. The number of nitrogens with one attached hydrogen (secondary N) is 1. The van der Waals surface area contributed by atoms with Crippen LogP contribution in [0.15, 0.2) is 36.5 Å². The molecule has 0 heterocycles. The first-order valence-corrected chi connectivity index (χ1v) is 26.7. The summed E-state index contributed by atoms with van der Waals surface area (Å²) < 4.78 is 5.92. The third-order valence-corrected chi connectivity index (χ3v) is 12.2. The summed E-state index contributed by atoms with van der Waals surface area (Å²) in [5.74, 6) is -0.486. The van der Waals surface area contributed by atoms with Gasteiger partial charge in [0.05, 0.1) is 25.2 Å². The van der Waals surface area contributed by atoms with Crippen molar-refractivity contribution in [1.82, 2.24) is 5.32 Å². The molecular formula is C55H103NO5. The van der Waals surface area contributed by atoms with E-state index in [0.717, 1.165) is 77.0 Å². The van der Waals surface area contributed by atoms with Gasteiger partial charge < -0.3 is 20.3 Å². The molecule has 0 bridgehead atoms. The second-order valence-electron chi connectivity index (χ2n) is 18.3. The number of esters is 1. The Labute approximate surface area is 379 Å². The molecule has 0 aromatic heterocycles. The smallest absolute Gasteiger partial charge is 0.306 e. The predicted octanol–water partition coefficient (Wildman–Crippen LogP) is 16.1. The van der Waals surface area contributed by atoms with E-state index in [-0.39, 0.29) is 24.9 Å². The molecule has 6 nitrogen and oxygen atoms in total. The number of unbranched alkanes of at least 4 members (excludes halogenated alkanes) is 30. The molecule has 0 spiro atoms. The zero-order valence-electron chi connectivity index (χ0n) is 40.8. The lowest BCUT2D eigenvalue weighted by Crippen LogP contribution is -2.46. The van der Waals surface area contributed by atoms with Crippen LogP contribution in [-0.4, -0.2) is 46.9 Å². The summed E-state index contributed by atoms with van der Waals surface area (Å²) in [7, 11) is 0. The molecule has 0 radical (unpaired) electrons. The standard InChI is InChI=1S/C55H103NO5/c1-4-7-10-13-16-19-22-24-26-27-29-30-32-34-37-40-43-46-51(61-55(60)48-45-42-39-36-21-18-15-12-9-6-3)49-54(59)56-52(50-57)53(58)47-44-41-38-35-33-31-28-25-23-20-17-14-11-8-5-2/h16,19,24,26,29-30,51-53,57-58H,4-15,17-18,20-23,25,27-28,31-50H2,1-3H3,(H,56,59)/b19-16-,26-24-,30-29-. The van der Waals surface area contributed by atoms with Gasteiger partial charge >= 0.3 is 5.97 Å².